The van der Waals surface area contributed by atoms with E-state index in [1.54, 1.807) is 0 Å². The van der Waals surface area contributed by atoms with Crippen LogP contribution < -0.4 is 4.90 Å². The summed E-state index contributed by atoms with van der Waals surface area (Å²) in [6, 6.07) is 77.7. The molecule has 0 aliphatic heterocycles. The zero-order valence-corrected chi connectivity index (χ0v) is 32.6. The van der Waals surface area contributed by atoms with Gasteiger partial charge < -0.3 is 9.32 Å². The zero-order valence-electron chi connectivity index (χ0n) is 32.6. The predicted octanol–water partition coefficient (Wildman–Crippen LogP) is 16.7. The summed E-state index contributed by atoms with van der Waals surface area (Å²) in [4.78, 5) is 2.40. The molecule has 0 bridgehead atoms. The topological polar surface area (TPSA) is 16.4 Å². The van der Waals surface area contributed by atoms with Crippen molar-refractivity contribution in [3.05, 3.63) is 212 Å². The summed E-state index contributed by atoms with van der Waals surface area (Å²) in [5.41, 5.74) is 9.64. The van der Waals surface area contributed by atoms with Gasteiger partial charge in [-0.3, -0.25) is 0 Å². The summed E-state index contributed by atoms with van der Waals surface area (Å²) in [7, 11) is 0. The minimum Gasteiger partial charge on any atom is -0.454 e. The molecule has 0 fully saturated rings. The summed E-state index contributed by atoms with van der Waals surface area (Å²) in [5.74, 6) is 0. The molecular weight excluding hydrogens is 727 g/mol. The Hall–Kier alpha value is -7.94. The molecule has 0 atom stereocenters. The van der Waals surface area contributed by atoms with Crippen molar-refractivity contribution in [2.45, 2.75) is 0 Å². The molecule has 0 aliphatic rings. The number of nitrogens with zero attached hydrogens (tertiary/aromatic N) is 1. The normalized spacial score (nSPS) is 12.0. The highest BCUT2D eigenvalue weighted by Crippen LogP contribution is 2.48. The van der Waals surface area contributed by atoms with Crippen LogP contribution in [-0.2, 0) is 0 Å². The smallest absolute Gasteiger partial charge is 0.159 e. The molecular formula is C58H35NO. The second-order valence-corrected chi connectivity index (χ2v) is 16.0. The Kier molecular flexibility index (Phi) is 7.05. The van der Waals surface area contributed by atoms with E-state index in [4.69, 9.17) is 4.42 Å². The van der Waals surface area contributed by atoms with E-state index in [0.717, 1.165) is 39.0 Å². The molecule has 0 saturated carbocycles. The van der Waals surface area contributed by atoms with E-state index in [1.807, 2.05) is 6.07 Å². The number of furan rings is 1. The number of hydrogen-bond donors (Lipinski definition) is 0. The van der Waals surface area contributed by atoms with Gasteiger partial charge in [0.2, 0.25) is 0 Å². The molecule has 13 aromatic rings. The van der Waals surface area contributed by atoms with E-state index >= 15 is 0 Å². The Morgan fingerprint density at radius 1 is 0.283 bits per heavy atom. The molecule has 0 spiro atoms. The van der Waals surface area contributed by atoms with E-state index in [1.165, 1.54) is 86.9 Å². The highest BCUT2D eigenvalue weighted by Gasteiger charge is 2.22. The lowest BCUT2D eigenvalue weighted by molar-refractivity contribution is 0.669. The average Bonchev–Trinajstić information content (AvgIpc) is 3.70. The standard InChI is InChI=1S/C58H35NO/c1-2-10-36(11-3-1)37-22-24-38(25-23-37)39-30-32-44(33-31-39)59(52-20-9-19-50-46-15-4-5-21-53(46)60-58(50)52)45-34-43-29-28-42-13-7-17-48-47-16-6-12-40-26-27-41-14-8-18-49(56(41)54(40)47)51(35-45)57(43)55(42)48/h1-35H. The first kappa shape index (κ1) is 33.1. The summed E-state index contributed by atoms with van der Waals surface area (Å²) in [6.45, 7) is 0. The molecule has 0 radical (unpaired) electrons. The van der Waals surface area contributed by atoms with Crippen LogP contribution in [0.25, 0.3) is 109 Å². The third-order valence-corrected chi connectivity index (χ3v) is 12.7. The number of benzene rings is 11. The fourth-order valence-corrected chi connectivity index (χ4v) is 10.0. The Bertz CT molecular complexity index is 3800. The van der Waals surface area contributed by atoms with E-state index in [-0.39, 0.29) is 0 Å². The fraction of sp³-hybridized carbons (Fsp3) is 0. The molecule has 0 aliphatic carbocycles. The third kappa shape index (κ3) is 4.88. The molecule has 1 aromatic heterocycles. The number of hydrogen-bond acceptors (Lipinski definition) is 2. The SMILES string of the molecule is c1ccc(-c2ccc(-c3ccc(N(c4cc5ccc6cccc7c8cccc9ccc%10cccc(c(c4)c5c67)c%10c98)c4cccc5c4oc4ccccc45)cc3)cc2)cc1. The quantitative estimate of drug-likeness (QED) is 0.162. The van der Waals surface area contributed by atoms with Crippen LogP contribution in [0.4, 0.5) is 17.1 Å². The Balaban J connectivity index is 1.09. The zero-order chi connectivity index (χ0) is 39.3. The van der Waals surface area contributed by atoms with Crippen LogP contribution in [0.2, 0.25) is 0 Å². The van der Waals surface area contributed by atoms with Crippen molar-refractivity contribution >= 4 is 104 Å². The lowest BCUT2D eigenvalue weighted by Gasteiger charge is -2.27. The van der Waals surface area contributed by atoms with Crippen molar-refractivity contribution in [1.29, 1.82) is 0 Å². The first-order chi connectivity index (χ1) is 29.7. The van der Waals surface area contributed by atoms with Crippen molar-refractivity contribution in [2.24, 2.45) is 0 Å². The molecule has 13 rings (SSSR count). The highest BCUT2D eigenvalue weighted by atomic mass is 16.3. The van der Waals surface area contributed by atoms with Gasteiger partial charge in [0.25, 0.3) is 0 Å². The average molecular weight is 762 g/mol. The second kappa shape index (κ2) is 12.8. The van der Waals surface area contributed by atoms with Crippen LogP contribution in [0, 0.1) is 0 Å². The molecule has 0 N–H and O–H groups in total. The van der Waals surface area contributed by atoms with E-state index in [2.05, 4.69) is 211 Å². The molecule has 278 valence electrons. The number of anilines is 3. The van der Waals surface area contributed by atoms with Crippen LogP contribution in [0.3, 0.4) is 0 Å². The molecule has 2 heteroatoms. The highest BCUT2D eigenvalue weighted by molar-refractivity contribution is 6.37. The minimum atomic E-state index is 0.864. The molecule has 0 unspecified atom stereocenters. The Labute approximate surface area is 346 Å². The lowest BCUT2D eigenvalue weighted by atomic mass is 9.87. The third-order valence-electron chi connectivity index (χ3n) is 12.7. The van der Waals surface area contributed by atoms with Crippen LogP contribution >= 0.6 is 0 Å². The maximum Gasteiger partial charge on any atom is 0.159 e. The Morgan fingerprint density at radius 2 is 0.750 bits per heavy atom. The molecule has 2 nitrogen and oxygen atoms in total. The number of para-hydroxylation sites is 2. The van der Waals surface area contributed by atoms with Crippen LogP contribution in [0.1, 0.15) is 0 Å². The minimum absolute atomic E-state index is 0.864. The summed E-state index contributed by atoms with van der Waals surface area (Å²) in [5, 5.41) is 17.4. The number of fused-ring (bicyclic) bond motifs is 5. The lowest BCUT2D eigenvalue weighted by Crippen LogP contribution is -2.10. The first-order valence-electron chi connectivity index (χ1n) is 20.7. The molecule has 0 saturated heterocycles. The van der Waals surface area contributed by atoms with Crippen molar-refractivity contribution in [3.8, 4) is 22.3 Å². The van der Waals surface area contributed by atoms with Crippen molar-refractivity contribution in [3.63, 3.8) is 0 Å². The van der Waals surface area contributed by atoms with Crippen LogP contribution in [0.15, 0.2) is 217 Å². The first-order valence-corrected chi connectivity index (χ1v) is 20.7. The summed E-state index contributed by atoms with van der Waals surface area (Å²) in [6.07, 6.45) is 0. The Morgan fingerprint density at radius 3 is 1.38 bits per heavy atom. The van der Waals surface area contributed by atoms with Gasteiger partial charge >= 0.3 is 0 Å². The van der Waals surface area contributed by atoms with Gasteiger partial charge in [0.05, 0.1) is 5.69 Å². The predicted molar refractivity (Wildman–Crippen MR) is 255 cm³/mol. The monoisotopic (exact) mass is 761 g/mol. The van der Waals surface area contributed by atoms with Gasteiger partial charge in [0, 0.05) is 22.1 Å². The van der Waals surface area contributed by atoms with Crippen molar-refractivity contribution in [2.75, 3.05) is 4.90 Å². The van der Waals surface area contributed by atoms with Crippen molar-refractivity contribution < 1.29 is 4.42 Å². The largest absolute Gasteiger partial charge is 0.454 e. The van der Waals surface area contributed by atoms with Gasteiger partial charge in [-0.05, 0) is 123 Å². The van der Waals surface area contributed by atoms with Gasteiger partial charge in [0.15, 0.2) is 5.58 Å². The van der Waals surface area contributed by atoms with Gasteiger partial charge in [-0.25, -0.2) is 0 Å². The van der Waals surface area contributed by atoms with Gasteiger partial charge in [0.1, 0.15) is 5.58 Å². The molecule has 0 amide bonds. The maximum atomic E-state index is 6.78. The van der Waals surface area contributed by atoms with Crippen molar-refractivity contribution in [1.82, 2.24) is 0 Å². The fourth-order valence-electron chi connectivity index (χ4n) is 10.0. The maximum absolute atomic E-state index is 6.78. The van der Waals surface area contributed by atoms with Crippen LogP contribution in [-0.4, -0.2) is 0 Å². The van der Waals surface area contributed by atoms with E-state index in [0.29, 0.717) is 0 Å². The summed E-state index contributed by atoms with van der Waals surface area (Å²) < 4.78 is 6.78. The summed E-state index contributed by atoms with van der Waals surface area (Å²) >= 11 is 0. The van der Waals surface area contributed by atoms with E-state index in [9.17, 15) is 0 Å². The van der Waals surface area contributed by atoms with Gasteiger partial charge in [-0.2, -0.15) is 0 Å². The molecule has 12 aromatic carbocycles. The molecule has 1 heterocycles. The molecule has 60 heavy (non-hydrogen) atoms. The van der Waals surface area contributed by atoms with E-state index < -0.39 is 0 Å². The number of rotatable bonds is 5. The second-order valence-electron chi connectivity index (χ2n) is 16.0. The van der Waals surface area contributed by atoms with Gasteiger partial charge in [-0.15, -0.1) is 0 Å². The van der Waals surface area contributed by atoms with Gasteiger partial charge in [-0.1, -0.05) is 176 Å². The van der Waals surface area contributed by atoms with Crippen LogP contribution in [0.5, 0.6) is 0 Å².